The number of rotatable bonds is 5. The maximum absolute atomic E-state index is 12.5. The number of hydrogen-bond donors (Lipinski definition) is 1. The van der Waals surface area contributed by atoms with Gasteiger partial charge in [0.25, 0.3) is 5.91 Å². The summed E-state index contributed by atoms with van der Waals surface area (Å²) in [4.78, 5) is 26.2. The third-order valence-electron chi connectivity index (χ3n) is 4.16. The van der Waals surface area contributed by atoms with Crippen LogP contribution in [0.3, 0.4) is 0 Å². The van der Waals surface area contributed by atoms with Crippen molar-refractivity contribution < 1.29 is 14.3 Å². The van der Waals surface area contributed by atoms with Gasteiger partial charge in [-0.3, -0.25) is 9.69 Å². The molecule has 0 aliphatic heterocycles. The number of carbonyl (C=O) groups excluding carboxylic acids is 2. The second-order valence-corrected chi connectivity index (χ2v) is 8.86. The Kier molecular flexibility index (Phi) is 6.49. The van der Waals surface area contributed by atoms with Gasteiger partial charge in [0, 0.05) is 23.8 Å². The average molecular weight is 383 g/mol. The van der Waals surface area contributed by atoms with Gasteiger partial charge in [0.05, 0.1) is 0 Å². The highest BCUT2D eigenvalue weighted by molar-refractivity contribution is 5.95. The van der Waals surface area contributed by atoms with E-state index in [4.69, 9.17) is 4.74 Å². The summed E-state index contributed by atoms with van der Waals surface area (Å²) < 4.78 is 5.39. The fraction of sp³-hybridized carbons (Fsp3) is 0.391. The number of anilines is 1. The van der Waals surface area contributed by atoms with Gasteiger partial charge in [0.15, 0.2) is 0 Å². The van der Waals surface area contributed by atoms with Gasteiger partial charge >= 0.3 is 6.09 Å². The zero-order valence-corrected chi connectivity index (χ0v) is 17.6. The lowest BCUT2D eigenvalue weighted by molar-refractivity contribution is 0.0891. The minimum absolute atomic E-state index is 0.111. The van der Waals surface area contributed by atoms with Crippen LogP contribution in [0.4, 0.5) is 10.5 Å². The molecule has 0 fully saturated rings. The van der Waals surface area contributed by atoms with Crippen LogP contribution in [0.15, 0.2) is 54.6 Å². The van der Waals surface area contributed by atoms with E-state index in [1.807, 2.05) is 44.2 Å². The summed E-state index contributed by atoms with van der Waals surface area (Å²) in [6.07, 6.45) is 0.363. The quantitative estimate of drug-likeness (QED) is 0.767. The monoisotopic (exact) mass is 382 g/mol. The predicted octanol–water partition coefficient (Wildman–Crippen LogP) is 5.27. The molecule has 0 bridgehead atoms. The summed E-state index contributed by atoms with van der Waals surface area (Å²) in [7, 11) is 1.65. The summed E-state index contributed by atoms with van der Waals surface area (Å²) in [5.41, 5.74) is 1.06. The van der Waals surface area contributed by atoms with Crippen LogP contribution in [-0.4, -0.2) is 24.6 Å². The molecule has 0 saturated carbocycles. The molecule has 28 heavy (non-hydrogen) atoms. The molecule has 150 valence electrons. The molecule has 0 aliphatic carbocycles. The van der Waals surface area contributed by atoms with Crippen molar-refractivity contribution in [2.45, 2.75) is 46.6 Å². The Morgan fingerprint density at radius 3 is 2.04 bits per heavy atom. The Labute approximate surface area is 167 Å². The molecule has 0 aliphatic rings. The van der Waals surface area contributed by atoms with Crippen molar-refractivity contribution in [3.05, 3.63) is 60.2 Å². The molecule has 5 nitrogen and oxygen atoms in total. The molecule has 0 atom stereocenters. The van der Waals surface area contributed by atoms with E-state index in [0.29, 0.717) is 11.3 Å². The maximum Gasteiger partial charge on any atom is 0.419 e. The third kappa shape index (κ3) is 6.41. The lowest BCUT2D eigenvalue weighted by Gasteiger charge is -2.33. The normalized spacial score (nSPS) is 11.6. The van der Waals surface area contributed by atoms with Gasteiger partial charge in [-0.2, -0.15) is 0 Å². The van der Waals surface area contributed by atoms with Crippen LogP contribution in [0.2, 0.25) is 0 Å². The summed E-state index contributed by atoms with van der Waals surface area (Å²) in [5.74, 6) is 0.242. The SMILES string of the molecule is CN(C(=O)Oc1ccc(C(=O)NC(C)(C)CC(C)(C)C)cc1)c1ccccc1. The summed E-state index contributed by atoms with van der Waals surface area (Å²) in [5, 5.41) is 3.07. The molecule has 2 amide bonds. The van der Waals surface area contributed by atoms with Crippen molar-refractivity contribution in [1.29, 1.82) is 0 Å². The lowest BCUT2D eigenvalue weighted by atomic mass is 9.81. The van der Waals surface area contributed by atoms with Gasteiger partial charge in [-0.1, -0.05) is 39.0 Å². The van der Waals surface area contributed by atoms with Crippen molar-refractivity contribution >= 4 is 17.7 Å². The summed E-state index contributed by atoms with van der Waals surface area (Å²) >= 11 is 0. The number of para-hydroxylation sites is 1. The second-order valence-electron chi connectivity index (χ2n) is 8.86. The average Bonchev–Trinajstić information content (AvgIpc) is 2.59. The standard InChI is InChI=1S/C23H30N2O3/c1-22(2,3)16-23(4,5)24-20(26)17-12-14-19(15-13-17)28-21(27)25(6)18-10-8-7-9-11-18/h7-15H,16H2,1-6H3,(H,24,26). The molecule has 0 radical (unpaired) electrons. The first-order valence-corrected chi connectivity index (χ1v) is 9.40. The number of benzene rings is 2. The van der Waals surface area contributed by atoms with E-state index in [2.05, 4.69) is 26.1 Å². The zero-order chi connectivity index (χ0) is 20.9. The van der Waals surface area contributed by atoms with E-state index in [9.17, 15) is 9.59 Å². The van der Waals surface area contributed by atoms with E-state index in [0.717, 1.165) is 12.1 Å². The highest BCUT2D eigenvalue weighted by Gasteiger charge is 2.27. The van der Waals surface area contributed by atoms with Crippen LogP contribution in [0.5, 0.6) is 5.75 Å². The molecule has 0 aromatic heterocycles. The Morgan fingerprint density at radius 2 is 1.50 bits per heavy atom. The Bertz CT molecular complexity index is 806. The summed E-state index contributed by atoms with van der Waals surface area (Å²) in [6, 6.07) is 15.8. The molecule has 0 heterocycles. The van der Waals surface area contributed by atoms with Crippen LogP contribution in [0, 0.1) is 5.41 Å². The van der Waals surface area contributed by atoms with Crippen LogP contribution in [0.1, 0.15) is 51.4 Å². The Balaban J connectivity index is 1.99. The fourth-order valence-electron chi connectivity index (χ4n) is 3.35. The maximum atomic E-state index is 12.5. The van der Waals surface area contributed by atoms with Gasteiger partial charge in [0.1, 0.15) is 5.75 Å². The molecular formula is C23H30N2O3. The number of carbonyl (C=O) groups is 2. The first-order chi connectivity index (χ1) is 13.0. The number of nitrogens with zero attached hydrogens (tertiary/aromatic N) is 1. The van der Waals surface area contributed by atoms with Crippen LogP contribution in [-0.2, 0) is 0 Å². The molecule has 1 N–H and O–H groups in total. The van der Waals surface area contributed by atoms with E-state index in [-0.39, 0.29) is 16.9 Å². The van der Waals surface area contributed by atoms with Crippen LogP contribution in [0.25, 0.3) is 0 Å². The predicted molar refractivity (Wildman–Crippen MR) is 113 cm³/mol. The zero-order valence-electron chi connectivity index (χ0n) is 17.6. The molecule has 0 saturated heterocycles. The minimum Gasteiger partial charge on any atom is -0.410 e. The van der Waals surface area contributed by atoms with E-state index in [1.165, 1.54) is 4.90 Å². The number of hydrogen-bond acceptors (Lipinski definition) is 3. The molecule has 2 aromatic carbocycles. The molecule has 5 heteroatoms. The Morgan fingerprint density at radius 1 is 0.929 bits per heavy atom. The van der Waals surface area contributed by atoms with Gasteiger partial charge in [-0.15, -0.1) is 0 Å². The second kappa shape index (κ2) is 8.46. The first-order valence-electron chi connectivity index (χ1n) is 9.40. The van der Waals surface area contributed by atoms with E-state index in [1.54, 1.807) is 31.3 Å². The van der Waals surface area contributed by atoms with Crippen LogP contribution < -0.4 is 15.0 Å². The van der Waals surface area contributed by atoms with Crippen molar-refractivity contribution in [1.82, 2.24) is 5.32 Å². The van der Waals surface area contributed by atoms with Gasteiger partial charge < -0.3 is 10.1 Å². The highest BCUT2D eigenvalue weighted by Crippen LogP contribution is 2.27. The fourth-order valence-corrected chi connectivity index (χ4v) is 3.35. The largest absolute Gasteiger partial charge is 0.419 e. The Hall–Kier alpha value is -2.82. The van der Waals surface area contributed by atoms with Gasteiger partial charge in [0.2, 0.25) is 0 Å². The molecule has 0 spiro atoms. The van der Waals surface area contributed by atoms with Crippen molar-refractivity contribution in [3.8, 4) is 5.75 Å². The lowest BCUT2D eigenvalue weighted by Crippen LogP contribution is -2.45. The number of amides is 2. The van der Waals surface area contributed by atoms with E-state index >= 15 is 0 Å². The molecule has 2 aromatic rings. The van der Waals surface area contributed by atoms with Gasteiger partial charge in [-0.05, 0) is 62.1 Å². The number of nitrogens with one attached hydrogen (secondary N) is 1. The van der Waals surface area contributed by atoms with Crippen molar-refractivity contribution in [2.75, 3.05) is 11.9 Å². The molecule has 2 rings (SSSR count). The number of ether oxygens (including phenoxy) is 1. The molecular weight excluding hydrogens is 352 g/mol. The third-order valence-corrected chi connectivity index (χ3v) is 4.16. The topological polar surface area (TPSA) is 58.6 Å². The smallest absolute Gasteiger partial charge is 0.410 e. The summed E-state index contributed by atoms with van der Waals surface area (Å²) in [6.45, 7) is 10.5. The van der Waals surface area contributed by atoms with Crippen molar-refractivity contribution in [3.63, 3.8) is 0 Å². The van der Waals surface area contributed by atoms with Crippen molar-refractivity contribution in [2.24, 2.45) is 5.41 Å². The molecule has 0 unspecified atom stereocenters. The van der Waals surface area contributed by atoms with Crippen LogP contribution >= 0.6 is 0 Å². The highest BCUT2D eigenvalue weighted by atomic mass is 16.6. The first kappa shape index (κ1) is 21.5. The minimum atomic E-state index is -0.491. The van der Waals surface area contributed by atoms with E-state index < -0.39 is 6.09 Å². The van der Waals surface area contributed by atoms with Gasteiger partial charge in [-0.25, -0.2) is 4.79 Å².